The lowest BCUT2D eigenvalue weighted by Gasteiger charge is -2.13. The van der Waals surface area contributed by atoms with Crippen LogP contribution in [-0.4, -0.2) is 17.0 Å². The molecule has 0 spiro atoms. The molecule has 1 N–H and O–H groups in total. The summed E-state index contributed by atoms with van der Waals surface area (Å²) in [5.41, 5.74) is 1.15. The Balaban J connectivity index is 2.29. The molecule has 2 unspecified atom stereocenters. The second kappa shape index (κ2) is 5.03. The molecule has 1 heterocycles. The Morgan fingerprint density at radius 2 is 2.06 bits per heavy atom. The third-order valence-corrected chi connectivity index (χ3v) is 3.67. The van der Waals surface area contributed by atoms with Crippen LogP contribution in [0.1, 0.15) is 63.4 Å². The lowest BCUT2D eigenvalue weighted by molar-refractivity contribution is 0.583. The Kier molecular flexibility index (Phi) is 3.65. The van der Waals surface area contributed by atoms with Crippen molar-refractivity contribution in [1.29, 1.82) is 0 Å². The molecule has 1 saturated carbocycles. The molecule has 2 atom stereocenters. The molecule has 3 heteroatoms. The topological polar surface area (TPSA) is 37.8 Å². The average Bonchev–Trinajstić information content (AvgIpc) is 2.75. The fourth-order valence-corrected chi connectivity index (χ4v) is 2.53. The van der Waals surface area contributed by atoms with Gasteiger partial charge >= 0.3 is 0 Å². The van der Waals surface area contributed by atoms with Crippen molar-refractivity contribution in [2.24, 2.45) is 5.92 Å². The Morgan fingerprint density at radius 1 is 1.29 bits per heavy atom. The predicted molar refractivity (Wildman–Crippen MR) is 71.4 cm³/mol. The van der Waals surface area contributed by atoms with Gasteiger partial charge in [0, 0.05) is 24.7 Å². The summed E-state index contributed by atoms with van der Waals surface area (Å²) in [6.45, 7) is 6.69. The molecule has 3 nitrogen and oxygen atoms in total. The highest BCUT2D eigenvalue weighted by atomic mass is 15.0. The van der Waals surface area contributed by atoms with Crippen LogP contribution in [0.15, 0.2) is 6.07 Å². The molecular formula is C14H23N3. The first-order chi connectivity index (χ1) is 8.10. The number of hydrogen-bond donors (Lipinski definition) is 1. The fourth-order valence-electron chi connectivity index (χ4n) is 2.53. The van der Waals surface area contributed by atoms with Gasteiger partial charge in [-0.2, -0.15) is 0 Å². The Morgan fingerprint density at radius 3 is 2.59 bits per heavy atom. The van der Waals surface area contributed by atoms with Crippen LogP contribution in [0.4, 0.5) is 5.82 Å². The van der Waals surface area contributed by atoms with Crippen molar-refractivity contribution < 1.29 is 0 Å². The van der Waals surface area contributed by atoms with Crippen molar-refractivity contribution in [1.82, 2.24) is 9.97 Å². The van der Waals surface area contributed by atoms with Crippen molar-refractivity contribution >= 4 is 5.82 Å². The number of aromatic nitrogens is 2. The van der Waals surface area contributed by atoms with E-state index in [1.807, 2.05) is 7.05 Å². The van der Waals surface area contributed by atoms with Gasteiger partial charge in [0.15, 0.2) is 0 Å². The third kappa shape index (κ3) is 2.76. The summed E-state index contributed by atoms with van der Waals surface area (Å²) in [5.74, 6) is 3.85. The monoisotopic (exact) mass is 233 g/mol. The minimum absolute atomic E-state index is 0.461. The molecule has 2 rings (SSSR count). The third-order valence-electron chi connectivity index (χ3n) is 3.67. The summed E-state index contributed by atoms with van der Waals surface area (Å²) in [5, 5.41) is 3.15. The highest BCUT2D eigenvalue weighted by Gasteiger charge is 2.25. The summed E-state index contributed by atoms with van der Waals surface area (Å²) in [4.78, 5) is 9.37. The Labute approximate surface area is 104 Å². The van der Waals surface area contributed by atoms with E-state index >= 15 is 0 Å². The van der Waals surface area contributed by atoms with Crippen LogP contribution in [0.25, 0.3) is 0 Å². The van der Waals surface area contributed by atoms with Gasteiger partial charge in [0.2, 0.25) is 0 Å². The van der Waals surface area contributed by atoms with E-state index in [1.54, 1.807) is 0 Å². The van der Waals surface area contributed by atoms with E-state index in [0.29, 0.717) is 11.8 Å². The van der Waals surface area contributed by atoms with Crippen molar-refractivity contribution in [2.75, 3.05) is 12.4 Å². The average molecular weight is 233 g/mol. The molecule has 0 radical (unpaired) electrons. The van der Waals surface area contributed by atoms with Crippen LogP contribution < -0.4 is 5.32 Å². The first kappa shape index (κ1) is 12.3. The molecule has 0 amide bonds. The molecule has 1 aliphatic carbocycles. The fraction of sp³-hybridized carbons (Fsp3) is 0.714. The normalized spacial score (nSPS) is 24.3. The molecule has 1 aliphatic rings. The van der Waals surface area contributed by atoms with E-state index in [1.165, 1.54) is 19.3 Å². The van der Waals surface area contributed by atoms with E-state index in [2.05, 4.69) is 37.1 Å². The second-order valence-corrected chi connectivity index (χ2v) is 5.56. The van der Waals surface area contributed by atoms with Crippen LogP contribution in [0.5, 0.6) is 0 Å². The van der Waals surface area contributed by atoms with Gasteiger partial charge in [-0.05, 0) is 31.1 Å². The molecule has 1 fully saturated rings. The minimum Gasteiger partial charge on any atom is -0.373 e. The number of nitrogens with one attached hydrogen (secondary N) is 1. The van der Waals surface area contributed by atoms with Gasteiger partial charge in [-0.25, -0.2) is 9.97 Å². The van der Waals surface area contributed by atoms with Crippen LogP contribution in [-0.2, 0) is 0 Å². The van der Waals surface area contributed by atoms with E-state index < -0.39 is 0 Å². The molecule has 0 saturated heterocycles. The maximum atomic E-state index is 4.75. The molecule has 1 aromatic rings. The number of anilines is 1. The second-order valence-electron chi connectivity index (χ2n) is 5.56. The van der Waals surface area contributed by atoms with Crippen molar-refractivity contribution in [3.63, 3.8) is 0 Å². The van der Waals surface area contributed by atoms with Crippen LogP contribution in [0.3, 0.4) is 0 Å². The van der Waals surface area contributed by atoms with Gasteiger partial charge in [-0.1, -0.05) is 20.8 Å². The highest BCUT2D eigenvalue weighted by Crippen LogP contribution is 2.37. The maximum absolute atomic E-state index is 4.75. The molecule has 1 aromatic heterocycles. The summed E-state index contributed by atoms with van der Waals surface area (Å²) in [6.07, 6.45) is 3.80. The van der Waals surface area contributed by atoms with Gasteiger partial charge in [0.25, 0.3) is 0 Å². The Hall–Kier alpha value is -1.12. The minimum atomic E-state index is 0.461. The van der Waals surface area contributed by atoms with Crippen LogP contribution in [0.2, 0.25) is 0 Å². The van der Waals surface area contributed by atoms with Gasteiger partial charge in [-0.3, -0.25) is 0 Å². The maximum Gasteiger partial charge on any atom is 0.134 e. The highest BCUT2D eigenvalue weighted by molar-refractivity contribution is 5.36. The van der Waals surface area contributed by atoms with E-state index in [4.69, 9.17) is 4.98 Å². The van der Waals surface area contributed by atoms with Gasteiger partial charge in [-0.15, -0.1) is 0 Å². The first-order valence-electron chi connectivity index (χ1n) is 6.66. The SMILES string of the molecule is CNc1cc(C(C)C)nc(C2CCC(C)C2)n1. The standard InChI is InChI=1S/C14H23N3/c1-9(2)12-8-13(15-4)17-14(16-12)11-6-5-10(3)7-11/h8-11H,5-7H2,1-4H3,(H,15,16,17). The van der Waals surface area contributed by atoms with Crippen molar-refractivity contribution in [3.8, 4) is 0 Å². The lowest BCUT2D eigenvalue weighted by atomic mass is 10.0. The molecule has 17 heavy (non-hydrogen) atoms. The number of rotatable bonds is 3. The summed E-state index contributed by atoms with van der Waals surface area (Å²) >= 11 is 0. The van der Waals surface area contributed by atoms with Crippen molar-refractivity contribution in [2.45, 2.75) is 51.9 Å². The predicted octanol–water partition coefficient (Wildman–Crippen LogP) is 3.55. The summed E-state index contributed by atoms with van der Waals surface area (Å²) < 4.78 is 0. The zero-order valence-electron chi connectivity index (χ0n) is 11.3. The smallest absolute Gasteiger partial charge is 0.134 e. The molecule has 0 bridgehead atoms. The van der Waals surface area contributed by atoms with E-state index in [0.717, 1.165) is 23.3 Å². The van der Waals surface area contributed by atoms with Crippen LogP contribution in [0, 0.1) is 5.92 Å². The first-order valence-corrected chi connectivity index (χ1v) is 6.66. The Bertz CT molecular complexity index is 387. The zero-order chi connectivity index (χ0) is 12.4. The number of nitrogens with zero attached hydrogens (tertiary/aromatic N) is 2. The van der Waals surface area contributed by atoms with E-state index in [-0.39, 0.29) is 0 Å². The summed E-state index contributed by atoms with van der Waals surface area (Å²) in [6, 6.07) is 2.06. The van der Waals surface area contributed by atoms with Gasteiger partial charge < -0.3 is 5.32 Å². The largest absolute Gasteiger partial charge is 0.373 e. The molecule has 0 aromatic carbocycles. The quantitative estimate of drug-likeness (QED) is 0.867. The van der Waals surface area contributed by atoms with Gasteiger partial charge in [0.1, 0.15) is 11.6 Å². The molecule has 94 valence electrons. The lowest BCUT2D eigenvalue weighted by Crippen LogP contribution is -2.07. The van der Waals surface area contributed by atoms with Gasteiger partial charge in [0.05, 0.1) is 0 Å². The molecule has 0 aliphatic heterocycles. The number of hydrogen-bond acceptors (Lipinski definition) is 3. The molecular weight excluding hydrogens is 210 g/mol. The van der Waals surface area contributed by atoms with Crippen molar-refractivity contribution in [3.05, 3.63) is 17.6 Å². The zero-order valence-corrected chi connectivity index (χ0v) is 11.3. The van der Waals surface area contributed by atoms with E-state index in [9.17, 15) is 0 Å². The van der Waals surface area contributed by atoms with Crippen LogP contribution >= 0.6 is 0 Å². The summed E-state index contributed by atoms with van der Waals surface area (Å²) in [7, 11) is 1.92.